The highest BCUT2D eigenvalue weighted by atomic mass is 16.3. The molecule has 0 bridgehead atoms. The highest BCUT2D eigenvalue weighted by molar-refractivity contribution is 5.25. The predicted octanol–water partition coefficient (Wildman–Crippen LogP) is 1.83. The SMILES string of the molecule is Oc1ccc(CCNC2CCC(O)CC2)cc1. The van der Waals surface area contributed by atoms with E-state index < -0.39 is 0 Å². The molecule has 0 unspecified atom stereocenters. The summed E-state index contributed by atoms with van der Waals surface area (Å²) in [5.41, 5.74) is 1.24. The van der Waals surface area contributed by atoms with E-state index in [1.165, 1.54) is 5.56 Å². The van der Waals surface area contributed by atoms with Crippen LogP contribution >= 0.6 is 0 Å². The number of aromatic hydroxyl groups is 1. The minimum absolute atomic E-state index is 0.0786. The van der Waals surface area contributed by atoms with Crippen LogP contribution in [0.1, 0.15) is 31.2 Å². The standard InChI is InChI=1S/C14H21NO2/c16-13-5-1-11(2-6-13)9-10-15-12-3-7-14(17)8-4-12/h1-2,5-6,12,14-17H,3-4,7-10H2. The quantitative estimate of drug-likeness (QED) is 0.746. The van der Waals surface area contributed by atoms with Crippen LogP contribution in [0.5, 0.6) is 5.75 Å². The monoisotopic (exact) mass is 235 g/mol. The van der Waals surface area contributed by atoms with Gasteiger partial charge < -0.3 is 15.5 Å². The second-order valence-electron chi connectivity index (χ2n) is 4.88. The van der Waals surface area contributed by atoms with Crippen molar-refractivity contribution in [3.05, 3.63) is 29.8 Å². The fourth-order valence-electron chi connectivity index (χ4n) is 2.36. The lowest BCUT2D eigenvalue weighted by molar-refractivity contribution is 0.117. The number of phenols is 1. The summed E-state index contributed by atoms with van der Waals surface area (Å²) in [5, 5.41) is 22.1. The van der Waals surface area contributed by atoms with Crippen LogP contribution in [0, 0.1) is 0 Å². The molecule has 0 saturated heterocycles. The lowest BCUT2D eigenvalue weighted by Gasteiger charge is -2.26. The average Bonchev–Trinajstić information content (AvgIpc) is 2.34. The third kappa shape index (κ3) is 4.02. The van der Waals surface area contributed by atoms with Crippen LogP contribution < -0.4 is 5.32 Å². The van der Waals surface area contributed by atoms with E-state index in [4.69, 9.17) is 0 Å². The summed E-state index contributed by atoms with van der Waals surface area (Å²) < 4.78 is 0. The summed E-state index contributed by atoms with van der Waals surface area (Å²) in [6, 6.07) is 7.94. The molecule has 1 aliphatic carbocycles. The van der Waals surface area contributed by atoms with Crippen LogP contribution in [0.25, 0.3) is 0 Å². The minimum atomic E-state index is -0.0786. The number of rotatable bonds is 4. The molecule has 0 spiro atoms. The van der Waals surface area contributed by atoms with Crippen LogP contribution in [-0.4, -0.2) is 28.9 Å². The molecule has 0 heterocycles. The van der Waals surface area contributed by atoms with Crippen LogP contribution in [-0.2, 0) is 6.42 Å². The van der Waals surface area contributed by atoms with Crippen molar-refractivity contribution in [2.75, 3.05) is 6.54 Å². The molecular weight excluding hydrogens is 214 g/mol. The van der Waals surface area contributed by atoms with Gasteiger partial charge in [-0.2, -0.15) is 0 Å². The van der Waals surface area contributed by atoms with Gasteiger partial charge in [0, 0.05) is 6.04 Å². The predicted molar refractivity (Wildman–Crippen MR) is 68.1 cm³/mol. The number of aliphatic hydroxyl groups is 1. The largest absolute Gasteiger partial charge is 0.508 e. The molecule has 3 nitrogen and oxygen atoms in total. The van der Waals surface area contributed by atoms with E-state index in [0.717, 1.165) is 38.6 Å². The Balaban J connectivity index is 1.67. The Kier molecular flexibility index (Phi) is 4.40. The van der Waals surface area contributed by atoms with Gasteiger partial charge in [-0.1, -0.05) is 12.1 Å². The van der Waals surface area contributed by atoms with Crippen molar-refractivity contribution in [3.8, 4) is 5.75 Å². The molecule has 1 aromatic carbocycles. The summed E-state index contributed by atoms with van der Waals surface area (Å²) in [6.45, 7) is 0.964. The van der Waals surface area contributed by atoms with E-state index >= 15 is 0 Å². The Morgan fingerprint density at radius 3 is 2.35 bits per heavy atom. The van der Waals surface area contributed by atoms with Gasteiger partial charge in [-0.3, -0.25) is 0 Å². The van der Waals surface area contributed by atoms with Crippen LogP contribution in [0.3, 0.4) is 0 Å². The molecule has 0 atom stereocenters. The molecule has 17 heavy (non-hydrogen) atoms. The Morgan fingerprint density at radius 2 is 1.71 bits per heavy atom. The van der Waals surface area contributed by atoms with Crippen molar-refractivity contribution in [1.29, 1.82) is 0 Å². The van der Waals surface area contributed by atoms with Crippen molar-refractivity contribution in [3.63, 3.8) is 0 Å². The Bertz CT molecular complexity index is 329. The topological polar surface area (TPSA) is 52.5 Å². The van der Waals surface area contributed by atoms with E-state index in [-0.39, 0.29) is 6.10 Å². The maximum atomic E-state index is 9.40. The van der Waals surface area contributed by atoms with Crippen molar-refractivity contribution in [1.82, 2.24) is 5.32 Å². The van der Waals surface area contributed by atoms with E-state index in [0.29, 0.717) is 11.8 Å². The highest BCUT2D eigenvalue weighted by Crippen LogP contribution is 2.18. The smallest absolute Gasteiger partial charge is 0.115 e. The molecule has 0 aromatic heterocycles. The molecule has 0 radical (unpaired) electrons. The van der Waals surface area contributed by atoms with Gasteiger partial charge in [0.1, 0.15) is 5.75 Å². The minimum Gasteiger partial charge on any atom is -0.508 e. The van der Waals surface area contributed by atoms with Crippen molar-refractivity contribution < 1.29 is 10.2 Å². The molecule has 1 fully saturated rings. The molecule has 3 heteroatoms. The fraction of sp³-hybridized carbons (Fsp3) is 0.571. The van der Waals surface area contributed by atoms with Gasteiger partial charge in [0.15, 0.2) is 0 Å². The summed E-state index contributed by atoms with van der Waals surface area (Å²) in [4.78, 5) is 0. The first kappa shape index (κ1) is 12.4. The van der Waals surface area contributed by atoms with Gasteiger partial charge in [-0.25, -0.2) is 0 Å². The molecule has 2 rings (SSSR count). The fourth-order valence-corrected chi connectivity index (χ4v) is 2.36. The zero-order chi connectivity index (χ0) is 12.1. The molecule has 3 N–H and O–H groups in total. The van der Waals surface area contributed by atoms with E-state index in [1.807, 2.05) is 12.1 Å². The van der Waals surface area contributed by atoms with Gasteiger partial charge in [0.25, 0.3) is 0 Å². The summed E-state index contributed by atoms with van der Waals surface area (Å²) >= 11 is 0. The maximum Gasteiger partial charge on any atom is 0.115 e. The van der Waals surface area contributed by atoms with Crippen LogP contribution in [0.2, 0.25) is 0 Å². The number of hydrogen-bond acceptors (Lipinski definition) is 3. The Labute approximate surface area is 102 Å². The molecule has 1 aromatic rings. The summed E-state index contributed by atoms with van der Waals surface area (Å²) in [7, 11) is 0. The molecule has 94 valence electrons. The third-order valence-corrected chi connectivity index (χ3v) is 3.48. The lowest BCUT2D eigenvalue weighted by atomic mass is 9.93. The zero-order valence-electron chi connectivity index (χ0n) is 10.1. The second-order valence-corrected chi connectivity index (χ2v) is 4.88. The summed E-state index contributed by atoms with van der Waals surface area (Å²) in [5.74, 6) is 0.322. The lowest BCUT2D eigenvalue weighted by Crippen LogP contribution is -2.35. The molecule has 1 aliphatic rings. The van der Waals surface area contributed by atoms with E-state index in [9.17, 15) is 10.2 Å². The number of benzene rings is 1. The van der Waals surface area contributed by atoms with Crippen molar-refractivity contribution in [2.24, 2.45) is 0 Å². The molecule has 1 saturated carbocycles. The van der Waals surface area contributed by atoms with Gasteiger partial charge in [0.2, 0.25) is 0 Å². The van der Waals surface area contributed by atoms with Gasteiger partial charge in [0.05, 0.1) is 6.10 Å². The summed E-state index contributed by atoms with van der Waals surface area (Å²) in [6.07, 6.45) is 4.92. The highest BCUT2D eigenvalue weighted by Gasteiger charge is 2.18. The van der Waals surface area contributed by atoms with Gasteiger partial charge >= 0.3 is 0 Å². The zero-order valence-corrected chi connectivity index (χ0v) is 10.1. The second kappa shape index (κ2) is 6.03. The molecule has 0 amide bonds. The average molecular weight is 235 g/mol. The molecule has 0 aliphatic heterocycles. The van der Waals surface area contributed by atoms with Gasteiger partial charge in [-0.15, -0.1) is 0 Å². The first-order valence-corrected chi connectivity index (χ1v) is 6.43. The number of nitrogens with one attached hydrogen (secondary N) is 1. The first-order chi connectivity index (χ1) is 8.24. The Morgan fingerprint density at radius 1 is 1.06 bits per heavy atom. The normalized spacial score (nSPS) is 24.8. The number of aliphatic hydroxyl groups excluding tert-OH is 1. The number of hydrogen-bond donors (Lipinski definition) is 3. The molecular formula is C14H21NO2. The van der Waals surface area contributed by atoms with Crippen molar-refractivity contribution in [2.45, 2.75) is 44.2 Å². The third-order valence-electron chi connectivity index (χ3n) is 3.48. The number of phenolic OH excluding ortho intramolecular Hbond substituents is 1. The Hall–Kier alpha value is -1.06. The maximum absolute atomic E-state index is 9.40. The van der Waals surface area contributed by atoms with Gasteiger partial charge in [-0.05, 0) is 56.3 Å². The van der Waals surface area contributed by atoms with E-state index in [2.05, 4.69) is 5.32 Å². The van der Waals surface area contributed by atoms with Crippen molar-refractivity contribution >= 4 is 0 Å². The van der Waals surface area contributed by atoms with Crippen LogP contribution in [0.15, 0.2) is 24.3 Å². The first-order valence-electron chi connectivity index (χ1n) is 6.43. The van der Waals surface area contributed by atoms with Crippen LogP contribution in [0.4, 0.5) is 0 Å². The van der Waals surface area contributed by atoms with E-state index in [1.54, 1.807) is 12.1 Å².